The maximum Gasteiger partial charge on any atom is 0.159 e. The van der Waals surface area contributed by atoms with E-state index in [9.17, 15) is 0 Å². The fraction of sp³-hybridized carbons (Fsp3) is 0. The van der Waals surface area contributed by atoms with Crippen LogP contribution in [0.1, 0.15) is 0 Å². The smallest absolute Gasteiger partial charge is 0.159 e. The van der Waals surface area contributed by atoms with E-state index in [1.165, 1.54) is 64.3 Å². The molecule has 0 spiro atoms. The van der Waals surface area contributed by atoms with Crippen molar-refractivity contribution in [1.29, 1.82) is 0 Å². The summed E-state index contributed by atoms with van der Waals surface area (Å²) in [7, 11) is 0. The van der Waals surface area contributed by atoms with Crippen molar-refractivity contribution in [3.05, 3.63) is 200 Å². The number of furan rings is 1. The molecule has 0 radical (unpaired) electrons. The molecule has 0 N–H and O–H groups in total. The molecule has 0 aliphatic carbocycles. The summed E-state index contributed by atoms with van der Waals surface area (Å²) in [6, 6.07) is 72.2. The van der Waals surface area contributed by atoms with Gasteiger partial charge in [-0.1, -0.05) is 152 Å². The van der Waals surface area contributed by atoms with Gasteiger partial charge in [0.1, 0.15) is 5.58 Å². The van der Waals surface area contributed by atoms with E-state index in [4.69, 9.17) is 4.42 Å². The van der Waals surface area contributed by atoms with Crippen LogP contribution in [0.15, 0.2) is 205 Å². The molecular weight excluding hydrogens is 687 g/mol. The maximum atomic E-state index is 6.69. The van der Waals surface area contributed by atoms with Crippen molar-refractivity contribution < 1.29 is 4.42 Å². The van der Waals surface area contributed by atoms with Crippen molar-refractivity contribution in [2.45, 2.75) is 0 Å². The normalized spacial score (nSPS) is 11.6. The third-order valence-electron chi connectivity index (χ3n) is 10.9. The molecule has 0 bridgehead atoms. The number of anilines is 3. The standard InChI is InChI=1S/C52H33NOS/c1-2-12-34(13-3-1)35-24-27-38(28-25-35)53(48-21-11-20-46-43-17-6-8-22-49(43)54-52(46)48)39-29-31-41(47(33-39)42-19-10-15-36-14-4-5-16-40(36)42)37-26-30-45-44-18-7-9-23-50(44)55-51(45)32-37/h1-33H. The molecular formula is C52H33NOS. The Morgan fingerprint density at radius 2 is 1.02 bits per heavy atom. The number of para-hydroxylation sites is 2. The van der Waals surface area contributed by atoms with Gasteiger partial charge in [0.25, 0.3) is 0 Å². The molecule has 55 heavy (non-hydrogen) atoms. The van der Waals surface area contributed by atoms with Gasteiger partial charge in [0.2, 0.25) is 0 Å². The zero-order valence-electron chi connectivity index (χ0n) is 29.8. The number of nitrogens with zero attached hydrogens (tertiary/aromatic N) is 1. The lowest BCUT2D eigenvalue weighted by molar-refractivity contribution is 0.669. The molecule has 0 aliphatic heterocycles. The molecule has 11 aromatic rings. The van der Waals surface area contributed by atoms with Crippen LogP contribution in [-0.4, -0.2) is 0 Å². The first kappa shape index (κ1) is 31.6. The van der Waals surface area contributed by atoms with E-state index < -0.39 is 0 Å². The minimum absolute atomic E-state index is 0.863. The average Bonchev–Trinajstić information content (AvgIpc) is 3.83. The molecule has 11 rings (SSSR count). The summed E-state index contributed by atoms with van der Waals surface area (Å²) in [6.45, 7) is 0. The maximum absolute atomic E-state index is 6.69. The van der Waals surface area contributed by atoms with Crippen LogP contribution in [0.25, 0.3) is 86.3 Å². The molecule has 2 heterocycles. The van der Waals surface area contributed by atoms with Gasteiger partial charge in [-0.15, -0.1) is 11.3 Å². The fourth-order valence-electron chi connectivity index (χ4n) is 8.27. The summed E-state index contributed by atoms with van der Waals surface area (Å²) in [5.74, 6) is 0. The molecule has 2 aromatic heterocycles. The quantitative estimate of drug-likeness (QED) is 0.170. The topological polar surface area (TPSA) is 16.4 Å². The molecule has 2 nitrogen and oxygen atoms in total. The van der Waals surface area contributed by atoms with Gasteiger partial charge in [-0.3, -0.25) is 0 Å². The van der Waals surface area contributed by atoms with Crippen LogP contribution in [0.4, 0.5) is 17.1 Å². The summed E-state index contributed by atoms with van der Waals surface area (Å²) in [4.78, 5) is 2.35. The van der Waals surface area contributed by atoms with Crippen molar-refractivity contribution in [3.8, 4) is 33.4 Å². The third-order valence-corrected chi connectivity index (χ3v) is 12.0. The zero-order valence-corrected chi connectivity index (χ0v) is 30.6. The minimum Gasteiger partial charge on any atom is -0.454 e. The lowest BCUT2D eigenvalue weighted by atomic mass is 9.90. The van der Waals surface area contributed by atoms with Gasteiger partial charge in [-0.2, -0.15) is 0 Å². The second-order valence-corrected chi connectivity index (χ2v) is 15.1. The first-order chi connectivity index (χ1) is 27.3. The van der Waals surface area contributed by atoms with Gasteiger partial charge < -0.3 is 9.32 Å². The summed E-state index contributed by atoms with van der Waals surface area (Å²) < 4.78 is 9.30. The van der Waals surface area contributed by atoms with E-state index in [1.54, 1.807) is 0 Å². The van der Waals surface area contributed by atoms with Gasteiger partial charge in [0.05, 0.1) is 5.69 Å². The zero-order chi connectivity index (χ0) is 36.3. The Hall–Kier alpha value is -6.94. The van der Waals surface area contributed by atoms with Crippen LogP contribution >= 0.6 is 11.3 Å². The van der Waals surface area contributed by atoms with Crippen LogP contribution < -0.4 is 4.90 Å². The number of hydrogen-bond acceptors (Lipinski definition) is 3. The molecule has 0 aliphatic rings. The number of thiophene rings is 1. The van der Waals surface area contributed by atoms with Crippen molar-refractivity contribution in [1.82, 2.24) is 0 Å². The Kier molecular flexibility index (Phi) is 7.39. The number of rotatable bonds is 6. The number of hydrogen-bond donors (Lipinski definition) is 0. The second-order valence-electron chi connectivity index (χ2n) is 14.1. The van der Waals surface area contributed by atoms with E-state index in [0.29, 0.717) is 0 Å². The van der Waals surface area contributed by atoms with Crippen LogP contribution in [0.5, 0.6) is 0 Å². The lowest BCUT2D eigenvalue weighted by Gasteiger charge is -2.27. The Morgan fingerprint density at radius 1 is 0.364 bits per heavy atom. The van der Waals surface area contributed by atoms with E-state index in [1.807, 2.05) is 17.4 Å². The molecule has 9 aromatic carbocycles. The van der Waals surface area contributed by atoms with Crippen LogP contribution in [0.2, 0.25) is 0 Å². The van der Waals surface area contributed by atoms with Gasteiger partial charge in [-0.25, -0.2) is 0 Å². The molecule has 0 saturated carbocycles. The molecule has 0 amide bonds. The Morgan fingerprint density at radius 3 is 1.91 bits per heavy atom. The molecule has 258 valence electrons. The van der Waals surface area contributed by atoms with Gasteiger partial charge in [-0.05, 0) is 92.7 Å². The lowest BCUT2D eigenvalue weighted by Crippen LogP contribution is -2.10. The Bertz CT molecular complexity index is 3200. The first-order valence-electron chi connectivity index (χ1n) is 18.7. The summed E-state index contributed by atoms with van der Waals surface area (Å²) in [5.41, 5.74) is 12.0. The second kappa shape index (κ2) is 12.9. The highest BCUT2D eigenvalue weighted by atomic mass is 32.1. The highest BCUT2D eigenvalue weighted by molar-refractivity contribution is 7.25. The summed E-state index contributed by atoms with van der Waals surface area (Å²) >= 11 is 1.86. The minimum atomic E-state index is 0.863. The van der Waals surface area contributed by atoms with Crippen LogP contribution in [0, 0.1) is 0 Å². The highest BCUT2D eigenvalue weighted by Crippen LogP contribution is 2.46. The van der Waals surface area contributed by atoms with Crippen LogP contribution in [-0.2, 0) is 0 Å². The fourth-order valence-corrected chi connectivity index (χ4v) is 9.41. The predicted molar refractivity (Wildman–Crippen MR) is 235 cm³/mol. The van der Waals surface area contributed by atoms with Gasteiger partial charge in [0.15, 0.2) is 5.58 Å². The van der Waals surface area contributed by atoms with Gasteiger partial charge >= 0.3 is 0 Å². The van der Waals surface area contributed by atoms with Crippen molar-refractivity contribution in [2.24, 2.45) is 0 Å². The average molecular weight is 720 g/mol. The van der Waals surface area contributed by atoms with E-state index in [2.05, 4.69) is 199 Å². The first-order valence-corrected chi connectivity index (χ1v) is 19.5. The molecule has 0 atom stereocenters. The molecule has 3 heteroatoms. The van der Waals surface area contributed by atoms with E-state index in [-0.39, 0.29) is 0 Å². The monoisotopic (exact) mass is 719 g/mol. The predicted octanol–water partition coefficient (Wildman–Crippen LogP) is 15.6. The summed E-state index contributed by atoms with van der Waals surface area (Å²) in [6.07, 6.45) is 0. The number of fused-ring (bicyclic) bond motifs is 7. The molecule has 0 fully saturated rings. The Balaban J connectivity index is 1.16. The Labute approximate surface area is 322 Å². The van der Waals surface area contributed by atoms with Crippen molar-refractivity contribution in [3.63, 3.8) is 0 Å². The molecule has 0 saturated heterocycles. The SMILES string of the molecule is c1ccc(-c2ccc(N(c3ccc(-c4ccc5c(c4)sc4ccccc45)c(-c4cccc5ccccc45)c3)c3cccc4c3oc3ccccc34)cc2)cc1. The highest BCUT2D eigenvalue weighted by Gasteiger charge is 2.22. The van der Waals surface area contributed by atoms with Crippen LogP contribution in [0.3, 0.4) is 0 Å². The van der Waals surface area contributed by atoms with Crippen molar-refractivity contribution in [2.75, 3.05) is 4.90 Å². The van der Waals surface area contributed by atoms with Gasteiger partial charge in [0, 0.05) is 42.3 Å². The van der Waals surface area contributed by atoms with E-state index in [0.717, 1.165) is 39.0 Å². The van der Waals surface area contributed by atoms with Crippen molar-refractivity contribution >= 4 is 81.3 Å². The number of benzene rings is 9. The largest absolute Gasteiger partial charge is 0.454 e. The third kappa shape index (κ3) is 5.32. The summed E-state index contributed by atoms with van der Waals surface area (Å²) in [5, 5.41) is 7.27. The van der Waals surface area contributed by atoms with E-state index >= 15 is 0 Å². The molecule has 0 unspecified atom stereocenters.